The van der Waals surface area contributed by atoms with Crippen molar-refractivity contribution in [3.05, 3.63) is 71.7 Å². The van der Waals surface area contributed by atoms with E-state index in [1.807, 2.05) is 31.2 Å². The molecule has 0 aliphatic rings. The average molecular weight is 363 g/mol. The lowest BCUT2D eigenvalue weighted by Gasteiger charge is -2.18. The van der Waals surface area contributed by atoms with Gasteiger partial charge < -0.3 is 14.8 Å². The van der Waals surface area contributed by atoms with Gasteiger partial charge in [0.15, 0.2) is 0 Å². The van der Waals surface area contributed by atoms with Crippen molar-refractivity contribution in [2.45, 2.75) is 19.6 Å². The van der Waals surface area contributed by atoms with Crippen molar-refractivity contribution in [1.82, 2.24) is 0 Å². The summed E-state index contributed by atoms with van der Waals surface area (Å²) in [6.45, 7) is 2.25. The molecule has 0 heterocycles. The van der Waals surface area contributed by atoms with Gasteiger partial charge in [-0.25, -0.2) is 4.39 Å². The van der Waals surface area contributed by atoms with E-state index in [0.29, 0.717) is 17.9 Å². The zero-order valence-electron chi connectivity index (χ0n) is 14.1. The van der Waals surface area contributed by atoms with E-state index in [4.69, 9.17) is 26.5 Å². The maximum Gasteiger partial charge on any atom is 0.123 e. The van der Waals surface area contributed by atoms with Gasteiger partial charge in [0, 0.05) is 17.5 Å². The molecule has 2 N–H and O–H groups in total. The van der Waals surface area contributed by atoms with E-state index in [0.717, 1.165) is 11.3 Å². The Labute approximate surface area is 151 Å². The minimum absolute atomic E-state index is 0.0973. The van der Waals surface area contributed by atoms with E-state index in [1.54, 1.807) is 13.2 Å². The lowest BCUT2D eigenvalue weighted by atomic mass is 10.1. The van der Waals surface area contributed by atoms with E-state index in [2.05, 4.69) is 5.32 Å². The van der Waals surface area contributed by atoms with Crippen molar-refractivity contribution in [2.75, 3.05) is 12.4 Å². The molecular formula is C19H20ClFN2O2. The minimum atomic E-state index is -0.338. The molecule has 2 rings (SSSR count). The van der Waals surface area contributed by atoms with Crippen molar-refractivity contribution >= 4 is 22.5 Å². The van der Waals surface area contributed by atoms with Gasteiger partial charge in [-0.3, -0.25) is 5.41 Å². The average Bonchev–Trinajstić information content (AvgIpc) is 2.61. The molecule has 0 bridgehead atoms. The van der Waals surface area contributed by atoms with E-state index in [9.17, 15) is 4.39 Å². The second kappa shape index (κ2) is 9.20. The van der Waals surface area contributed by atoms with Gasteiger partial charge in [-0.05, 0) is 48.9 Å². The molecule has 0 spiro atoms. The molecule has 0 saturated carbocycles. The van der Waals surface area contributed by atoms with Crippen molar-refractivity contribution in [1.29, 1.82) is 5.41 Å². The first-order valence-electron chi connectivity index (χ1n) is 7.70. The van der Waals surface area contributed by atoms with Crippen LogP contribution in [0.1, 0.15) is 24.2 Å². The Morgan fingerprint density at radius 2 is 2.00 bits per heavy atom. The highest BCUT2D eigenvalue weighted by Gasteiger charge is 2.12. The number of methoxy groups -OCH3 is 1. The van der Waals surface area contributed by atoms with Gasteiger partial charge in [-0.2, -0.15) is 0 Å². The van der Waals surface area contributed by atoms with Crippen molar-refractivity contribution in [3.63, 3.8) is 0 Å². The summed E-state index contributed by atoms with van der Waals surface area (Å²) < 4.78 is 24.6. The van der Waals surface area contributed by atoms with E-state index < -0.39 is 0 Å². The van der Waals surface area contributed by atoms with Gasteiger partial charge in [0.1, 0.15) is 16.7 Å². The highest BCUT2D eigenvalue weighted by Crippen LogP contribution is 2.27. The lowest BCUT2D eigenvalue weighted by molar-refractivity contribution is 0.0528. The summed E-state index contributed by atoms with van der Waals surface area (Å²) in [7, 11) is 1.62. The van der Waals surface area contributed by atoms with Crippen molar-refractivity contribution < 1.29 is 13.9 Å². The van der Waals surface area contributed by atoms with Crippen LogP contribution in [0.3, 0.4) is 0 Å². The van der Waals surface area contributed by atoms with Crippen molar-refractivity contribution in [3.8, 4) is 5.75 Å². The molecule has 6 heteroatoms. The molecule has 25 heavy (non-hydrogen) atoms. The van der Waals surface area contributed by atoms with Gasteiger partial charge in [0.05, 0.1) is 19.8 Å². The number of ether oxygens (including phenoxy) is 2. The largest absolute Gasteiger partial charge is 0.497 e. The Morgan fingerprint density at radius 3 is 2.64 bits per heavy atom. The van der Waals surface area contributed by atoms with E-state index in [-0.39, 0.29) is 17.1 Å². The Balaban J connectivity index is 2.07. The first-order valence-corrected chi connectivity index (χ1v) is 8.08. The second-order valence-electron chi connectivity index (χ2n) is 5.36. The minimum Gasteiger partial charge on any atom is -0.497 e. The van der Waals surface area contributed by atoms with Crippen LogP contribution in [0.5, 0.6) is 5.75 Å². The summed E-state index contributed by atoms with van der Waals surface area (Å²) in [4.78, 5) is 0. The molecule has 0 fully saturated rings. The number of rotatable bonds is 8. The Morgan fingerprint density at radius 1 is 1.28 bits per heavy atom. The molecule has 0 aliphatic heterocycles. The number of anilines is 1. The van der Waals surface area contributed by atoms with Gasteiger partial charge in [-0.1, -0.05) is 23.7 Å². The standard InChI is InChI=1S/C19H20ClFN2O2/c1-13(25-12-14-3-6-16(24-2)7-4-14)17-11-15(21)5-8-18(17)23-10-9-19(20)22/h3-11,13,22-23H,12H2,1-2H3/b10-9-,22-19?/t13-/m1/s1. The molecule has 132 valence electrons. The van der Waals surface area contributed by atoms with Crippen LogP contribution in [0, 0.1) is 11.2 Å². The van der Waals surface area contributed by atoms with Crippen LogP contribution in [-0.4, -0.2) is 12.3 Å². The molecule has 0 radical (unpaired) electrons. The fourth-order valence-corrected chi connectivity index (χ4v) is 2.30. The number of nitrogens with one attached hydrogen (secondary N) is 2. The van der Waals surface area contributed by atoms with E-state index in [1.165, 1.54) is 24.4 Å². The van der Waals surface area contributed by atoms with Crippen molar-refractivity contribution in [2.24, 2.45) is 0 Å². The number of halogens is 2. The predicted octanol–water partition coefficient (Wildman–Crippen LogP) is 5.25. The smallest absolute Gasteiger partial charge is 0.123 e. The number of hydrogen-bond acceptors (Lipinski definition) is 4. The summed E-state index contributed by atoms with van der Waals surface area (Å²) >= 11 is 5.47. The highest BCUT2D eigenvalue weighted by molar-refractivity contribution is 6.67. The maximum atomic E-state index is 13.6. The summed E-state index contributed by atoms with van der Waals surface area (Å²) in [5.41, 5.74) is 2.37. The monoisotopic (exact) mass is 362 g/mol. The van der Waals surface area contributed by atoms with Crippen LogP contribution in [-0.2, 0) is 11.3 Å². The summed E-state index contributed by atoms with van der Waals surface area (Å²) in [6, 6.07) is 12.0. The Hall–Kier alpha value is -2.37. The number of allylic oxidation sites excluding steroid dienone is 1. The fourth-order valence-electron chi connectivity index (χ4n) is 2.24. The molecule has 0 aliphatic carbocycles. The highest BCUT2D eigenvalue weighted by atomic mass is 35.5. The number of hydrogen-bond donors (Lipinski definition) is 2. The maximum absolute atomic E-state index is 13.6. The van der Waals surface area contributed by atoms with E-state index >= 15 is 0 Å². The first-order chi connectivity index (χ1) is 12.0. The molecule has 4 nitrogen and oxygen atoms in total. The molecular weight excluding hydrogens is 343 g/mol. The Bertz CT molecular complexity index is 748. The fraction of sp³-hybridized carbons (Fsp3) is 0.211. The molecule has 2 aromatic carbocycles. The molecule has 0 amide bonds. The van der Waals surface area contributed by atoms with Crippen LogP contribution < -0.4 is 10.1 Å². The van der Waals surface area contributed by atoms with Crippen LogP contribution in [0.25, 0.3) is 0 Å². The molecule has 1 atom stereocenters. The van der Waals surface area contributed by atoms with Crippen LogP contribution >= 0.6 is 11.6 Å². The molecule has 0 saturated heterocycles. The first kappa shape index (κ1) is 19.0. The third-order valence-electron chi connectivity index (χ3n) is 3.58. The third-order valence-corrected chi connectivity index (χ3v) is 3.71. The third kappa shape index (κ3) is 5.89. The van der Waals surface area contributed by atoms with Crippen LogP contribution in [0.15, 0.2) is 54.7 Å². The molecule has 2 aromatic rings. The zero-order chi connectivity index (χ0) is 18.2. The van der Waals surface area contributed by atoms with Crippen LogP contribution in [0.4, 0.5) is 10.1 Å². The zero-order valence-corrected chi connectivity index (χ0v) is 14.8. The summed E-state index contributed by atoms with van der Waals surface area (Å²) in [6.07, 6.45) is 2.60. The van der Waals surface area contributed by atoms with Crippen LogP contribution in [0.2, 0.25) is 0 Å². The summed E-state index contributed by atoms with van der Waals surface area (Å²) in [5, 5.41) is 10.1. The molecule has 0 unspecified atom stereocenters. The SMILES string of the molecule is COc1ccc(CO[C@H](C)c2cc(F)ccc2N/C=C\C(=N)Cl)cc1. The second-order valence-corrected chi connectivity index (χ2v) is 5.77. The quantitative estimate of drug-likeness (QED) is 0.630. The predicted molar refractivity (Wildman–Crippen MR) is 98.9 cm³/mol. The summed E-state index contributed by atoms with van der Waals surface area (Å²) in [5.74, 6) is 0.444. The number of benzene rings is 2. The van der Waals surface area contributed by atoms with Gasteiger partial charge in [0.25, 0.3) is 0 Å². The van der Waals surface area contributed by atoms with Gasteiger partial charge in [-0.15, -0.1) is 0 Å². The molecule has 0 aromatic heterocycles. The Kier molecular flexibility index (Phi) is 6.98. The van der Waals surface area contributed by atoms with Gasteiger partial charge in [0.2, 0.25) is 0 Å². The van der Waals surface area contributed by atoms with Gasteiger partial charge >= 0.3 is 0 Å². The normalized spacial score (nSPS) is 12.2. The lowest BCUT2D eigenvalue weighted by Crippen LogP contribution is -2.05. The topological polar surface area (TPSA) is 54.3 Å².